The summed E-state index contributed by atoms with van der Waals surface area (Å²) >= 11 is 0. The van der Waals surface area contributed by atoms with Crippen molar-refractivity contribution in [1.29, 1.82) is 0 Å². The summed E-state index contributed by atoms with van der Waals surface area (Å²) in [5.41, 5.74) is 6.61. The third kappa shape index (κ3) is 2.90. The Balaban J connectivity index is 2.12. The number of rotatable bonds is 6. The molecule has 2 rings (SSSR count). The minimum atomic E-state index is -0.139. The van der Waals surface area contributed by atoms with Crippen LogP contribution in [0.3, 0.4) is 0 Å². The van der Waals surface area contributed by atoms with Gasteiger partial charge >= 0.3 is 0 Å². The molecule has 0 aliphatic heterocycles. The van der Waals surface area contributed by atoms with E-state index in [1.165, 1.54) is 25.3 Å². The molecule has 1 aliphatic carbocycles. The van der Waals surface area contributed by atoms with Crippen molar-refractivity contribution < 1.29 is 4.39 Å². The van der Waals surface area contributed by atoms with Crippen LogP contribution < -0.4 is 5.73 Å². The quantitative estimate of drug-likeness (QED) is 0.841. The van der Waals surface area contributed by atoms with Crippen LogP contribution in [0.4, 0.5) is 4.39 Å². The SMILES string of the molecule is CCN(CC1CCC1)C(CN)c1ccccc1F. The molecular formula is C15H23FN2. The molecule has 1 atom stereocenters. The molecule has 0 amide bonds. The molecule has 0 radical (unpaired) electrons. The van der Waals surface area contributed by atoms with Gasteiger partial charge in [-0.25, -0.2) is 4.39 Å². The molecule has 18 heavy (non-hydrogen) atoms. The minimum Gasteiger partial charge on any atom is -0.329 e. The lowest BCUT2D eigenvalue weighted by molar-refractivity contribution is 0.139. The summed E-state index contributed by atoms with van der Waals surface area (Å²) in [5.74, 6) is 0.644. The lowest BCUT2D eigenvalue weighted by Crippen LogP contribution is -2.39. The molecule has 0 spiro atoms. The molecule has 1 fully saturated rings. The molecule has 0 saturated heterocycles. The van der Waals surface area contributed by atoms with Crippen molar-refractivity contribution in [2.24, 2.45) is 11.7 Å². The van der Waals surface area contributed by atoms with Crippen LogP contribution in [0.5, 0.6) is 0 Å². The van der Waals surface area contributed by atoms with E-state index in [9.17, 15) is 4.39 Å². The second-order valence-corrected chi connectivity index (χ2v) is 5.16. The van der Waals surface area contributed by atoms with E-state index in [4.69, 9.17) is 5.73 Å². The van der Waals surface area contributed by atoms with Gasteiger partial charge in [-0.05, 0) is 31.4 Å². The monoisotopic (exact) mass is 250 g/mol. The van der Waals surface area contributed by atoms with Crippen LogP contribution in [-0.4, -0.2) is 24.5 Å². The van der Waals surface area contributed by atoms with Crippen LogP contribution >= 0.6 is 0 Å². The molecule has 1 aromatic carbocycles. The van der Waals surface area contributed by atoms with Crippen LogP contribution in [0.1, 0.15) is 37.8 Å². The number of nitrogens with zero attached hydrogens (tertiary/aromatic N) is 1. The number of halogens is 1. The van der Waals surface area contributed by atoms with Gasteiger partial charge in [0.05, 0.1) is 0 Å². The normalized spacial score (nSPS) is 17.8. The first-order valence-electron chi connectivity index (χ1n) is 6.94. The van der Waals surface area contributed by atoms with Gasteiger partial charge in [-0.2, -0.15) is 0 Å². The molecule has 1 aromatic rings. The summed E-state index contributed by atoms with van der Waals surface area (Å²) in [6, 6.07) is 7.01. The maximum Gasteiger partial charge on any atom is 0.128 e. The summed E-state index contributed by atoms with van der Waals surface area (Å²) in [4.78, 5) is 2.32. The van der Waals surface area contributed by atoms with E-state index in [-0.39, 0.29) is 11.9 Å². The maximum atomic E-state index is 13.9. The fourth-order valence-corrected chi connectivity index (χ4v) is 2.70. The molecule has 2 N–H and O–H groups in total. The van der Waals surface area contributed by atoms with Crippen molar-refractivity contribution in [3.8, 4) is 0 Å². The standard InChI is InChI=1S/C15H23FN2/c1-2-18(11-12-6-5-7-12)15(10-17)13-8-3-4-9-14(13)16/h3-4,8-9,12,15H,2,5-7,10-11,17H2,1H3. The zero-order valence-electron chi connectivity index (χ0n) is 11.1. The van der Waals surface area contributed by atoms with E-state index < -0.39 is 0 Å². The van der Waals surface area contributed by atoms with Crippen LogP contribution in [-0.2, 0) is 0 Å². The van der Waals surface area contributed by atoms with E-state index >= 15 is 0 Å². The summed E-state index contributed by atoms with van der Waals surface area (Å²) in [5, 5.41) is 0. The predicted molar refractivity (Wildman–Crippen MR) is 72.8 cm³/mol. The summed E-state index contributed by atoms with van der Waals surface area (Å²) in [6.45, 7) is 4.57. The van der Waals surface area contributed by atoms with Gasteiger partial charge in [0.2, 0.25) is 0 Å². The van der Waals surface area contributed by atoms with E-state index in [0.29, 0.717) is 6.54 Å². The second kappa shape index (κ2) is 6.30. The Bertz CT molecular complexity index is 377. The van der Waals surface area contributed by atoms with Gasteiger partial charge in [0.25, 0.3) is 0 Å². The molecular weight excluding hydrogens is 227 g/mol. The number of likely N-dealkylation sites (N-methyl/N-ethyl adjacent to an activating group) is 1. The van der Waals surface area contributed by atoms with E-state index in [0.717, 1.165) is 24.6 Å². The maximum absolute atomic E-state index is 13.9. The van der Waals surface area contributed by atoms with Crippen molar-refractivity contribution >= 4 is 0 Å². The molecule has 100 valence electrons. The van der Waals surface area contributed by atoms with Gasteiger partial charge in [0, 0.05) is 24.7 Å². The molecule has 0 aromatic heterocycles. The van der Waals surface area contributed by atoms with Gasteiger partial charge < -0.3 is 5.73 Å². The smallest absolute Gasteiger partial charge is 0.128 e. The van der Waals surface area contributed by atoms with Crippen LogP contribution in [0.25, 0.3) is 0 Å². The Labute approximate surface area is 109 Å². The highest BCUT2D eigenvalue weighted by Crippen LogP contribution is 2.30. The first-order valence-corrected chi connectivity index (χ1v) is 6.94. The second-order valence-electron chi connectivity index (χ2n) is 5.16. The Kier molecular flexibility index (Phi) is 4.72. The van der Waals surface area contributed by atoms with Gasteiger partial charge in [-0.1, -0.05) is 31.5 Å². The molecule has 1 unspecified atom stereocenters. The fourth-order valence-electron chi connectivity index (χ4n) is 2.70. The molecule has 2 nitrogen and oxygen atoms in total. The Morgan fingerprint density at radius 3 is 2.61 bits per heavy atom. The Morgan fingerprint density at radius 2 is 2.11 bits per heavy atom. The van der Waals surface area contributed by atoms with Crippen molar-refractivity contribution in [3.05, 3.63) is 35.6 Å². The van der Waals surface area contributed by atoms with Gasteiger partial charge in [0.15, 0.2) is 0 Å². The van der Waals surface area contributed by atoms with Crippen molar-refractivity contribution in [2.45, 2.75) is 32.2 Å². The summed E-state index contributed by atoms with van der Waals surface area (Å²) < 4.78 is 13.9. The Hall–Kier alpha value is -0.930. The van der Waals surface area contributed by atoms with Crippen LogP contribution in [0.2, 0.25) is 0 Å². The summed E-state index contributed by atoms with van der Waals surface area (Å²) in [7, 11) is 0. The molecule has 3 heteroatoms. The third-order valence-corrected chi connectivity index (χ3v) is 4.05. The van der Waals surface area contributed by atoms with E-state index in [2.05, 4.69) is 11.8 Å². The zero-order valence-corrected chi connectivity index (χ0v) is 11.1. The molecule has 1 aliphatic rings. The number of benzene rings is 1. The molecule has 0 heterocycles. The molecule has 1 saturated carbocycles. The lowest BCUT2D eigenvalue weighted by atomic mass is 9.84. The first-order chi connectivity index (χ1) is 8.76. The zero-order chi connectivity index (χ0) is 13.0. The number of hydrogen-bond donors (Lipinski definition) is 1. The fraction of sp³-hybridized carbons (Fsp3) is 0.600. The van der Waals surface area contributed by atoms with Crippen LogP contribution in [0, 0.1) is 11.7 Å². The third-order valence-electron chi connectivity index (χ3n) is 4.05. The van der Waals surface area contributed by atoms with Crippen molar-refractivity contribution in [2.75, 3.05) is 19.6 Å². The highest BCUT2D eigenvalue weighted by Gasteiger charge is 2.26. The molecule has 0 bridgehead atoms. The average Bonchev–Trinajstić information content (AvgIpc) is 2.33. The number of nitrogens with two attached hydrogens (primary N) is 1. The number of hydrogen-bond acceptors (Lipinski definition) is 2. The van der Waals surface area contributed by atoms with E-state index in [1.807, 2.05) is 12.1 Å². The lowest BCUT2D eigenvalue weighted by Gasteiger charge is -2.36. The van der Waals surface area contributed by atoms with Gasteiger partial charge in [0.1, 0.15) is 5.82 Å². The topological polar surface area (TPSA) is 29.3 Å². The highest BCUT2D eigenvalue weighted by molar-refractivity contribution is 5.21. The van der Waals surface area contributed by atoms with Crippen LogP contribution in [0.15, 0.2) is 24.3 Å². The Morgan fingerprint density at radius 1 is 1.39 bits per heavy atom. The van der Waals surface area contributed by atoms with Crippen molar-refractivity contribution in [1.82, 2.24) is 4.90 Å². The predicted octanol–water partition coefficient (Wildman–Crippen LogP) is 2.95. The minimum absolute atomic E-state index is 0.0109. The largest absolute Gasteiger partial charge is 0.329 e. The average molecular weight is 250 g/mol. The summed E-state index contributed by atoms with van der Waals surface area (Å²) in [6.07, 6.45) is 3.96. The van der Waals surface area contributed by atoms with Gasteiger partial charge in [-0.15, -0.1) is 0 Å². The van der Waals surface area contributed by atoms with Crippen molar-refractivity contribution in [3.63, 3.8) is 0 Å². The first kappa shape index (κ1) is 13.5. The highest BCUT2D eigenvalue weighted by atomic mass is 19.1. The van der Waals surface area contributed by atoms with E-state index in [1.54, 1.807) is 6.07 Å². The van der Waals surface area contributed by atoms with Gasteiger partial charge in [-0.3, -0.25) is 4.90 Å².